The van der Waals surface area contributed by atoms with Crippen molar-refractivity contribution in [1.82, 2.24) is 14.9 Å². The van der Waals surface area contributed by atoms with Crippen LogP contribution in [0.3, 0.4) is 0 Å². The maximum atomic E-state index is 13.7. The molecule has 2 aromatic rings. The van der Waals surface area contributed by atoms with Crippen LogP contribution in [0.4, 0.5) is 15.0 Å². The van der Waals surface area contributed by atoms with E-state index in [1.807, 2.05) is 20.8 Å². The van der Waals surface area contributed by atoms with Crippen molar-refractivity contribution in [2.45, 2.75) is 39.2 Å². The van der Waals surface area contributed by atoms with Crippen LogP contribution in [0.15, 0.2) is 30.7 Å². The lowest BCUT2D eigenvalue weighted by Crippen LogP contribution is -2.37. The van der Waals surface area contributed by atoms with Gasteiger partial charge in [0.2, 0.25) is 0 Å². The zero-order valence-corrected chi connectivity index (χ0v) is 19.8. The van der Waals surface area contributed by atoms with Crippen LogP contribution in [0, 0.1) is 11.2 Å². The lowest BCUT2D eigenvalue weighted by atomic mass is 9.86. The van der Waals surface area contributed by atoms with Gasteiger partial charge < -0.3 is 24.0 Å². The van der Waals surface area contributed by atoms with E-state index in [1.54, 1.807) is 4.90 Å². The minimum Gasteiger partial charge on any atom is -0.465 e. The van der Waals surface area contributed by atoms with Crippen LogP contribution < -0.4 is 9.64 Å². The summed E-state index contributed by atoms with van der Waals surface area (Å²) in [4.78, 5) is 37.0. The van der Waals surface area contributed by atoms with Gasteiger partial charge in [0.1, 0.15) is 29.1 Å². The van der Waals surface area contributed by atoms with Crippen molar-refractivity contribution in [3.05, 3.63) is 42.1 Å². The van der Waals surface area contributed by atoms with Gasteiger partial charge in [0.05, 0.1) is 13.3 Å². The van der Waals surface area contributed by atoms with Crippen molar-refractivity contribution < 1.29 is 28.2 Å². The van der Waals surface area contributed by atoms with E-state index in [2.05, 4.69) is 14.9 Å². The minimum absolute atomic E-state index is 0.0287. The van der Waals surface area contributed by atoms with E-state index in [9.17, 15) is 14.0 Å². The van der Waals surface area contributed by atoms with E-state index < -0.39 is 17.4 Å². The summed E-state index contributed by atoms with van der Waals surface area (Å²) in [6.45, 7) is 8.25. The van der Waals surface area contributed by atoms with E-state index in [0.29, 0.717) is 31.2 Å². The number of nitrogens with zero attached hydrogens (tertiary/aromatic N) is 4. The third-order valence-corrected chi connectivity index (χ3v) is 6.05. The normalized spacial score (nSPS) is 20.0. The predicted octanol–water partition coefficient (Wildman–Crippen LogP) is 4.03. The van der Waals surface area contributed by atoms with Gasteiger partial charge in [-0.3, -0.25) is 0 Å². The fraction of sp³-hybridized carbons (Fsp3) is 0.500. The van der Waals surface area contributed by atoms with E-state index in [-0.39, 0.29) is 22.8 Å². The van der Waals surface area contributed by atoms with E-state index in [0.717, 1.165) is 25.5 Å². The van der Waals surface area contributed by atoms with Crippen molar-refractivity contribution in [3.8, 4) is 11.5 Å². The van der Waals surface area contributed by atoms with Gasteiger partial charge >= 0.3 is 12.1 Å². The van der Waals surface area contributed by atoms with Gasteiger partial charge in [-0.15, -0.1) is 0 Å². The van der Waals surface area contributed by atoms with Crippen molar-refractivity contribution >= 4 is 17.9 Å². The highest BCUT2D eigenvalue weighted by molar-refractivity contribution is 5.92. The Labute approximate surface area is 197 Å². The number of hydrogen-bond acceptors (Lipinski definition) is 8. The molecular weight excluding hydrogens is 443 g/mol. The molecule has 2 saturated heterocycles. The second-order valence-electron chi connectivity index (χ2n) is 9.77. The molecule has 4 rings (SSSR count). The number of carbonyl (C=O) groups is 2. The van der Waals surface area contributed by atoms with Gasteiger partial charge in [0.15, 0.2) is 11.6 Å². The average Bonchev–Trinajstić information content (AvgIpc) is 3.40. The van der Waals surface area contributed by atoms with Crippen molar-refractivity contribution in [2.24, 2.45) is 5.41 Å². The van der Waals surface area contributed by atoms with Crippen molar-refractivity contribution in [2.75, 3.05) is 38.2 Å². The molecule has 0 N–H and O–H groups in total. The molecule has 10 heteroatoms. The van der Waals surface area contributed by atoms with Gasteiger partial charge in [0.25, 0.3) is 0 Å². The van der Waals surface area contributed by atoms with Gasteiger partial charge in [-0.25, -0.2) is 23.9 Å². The first kappa shape index (κ1) is 23.7. The SMILES string of the molecule is COC(=O)c1cc(F)ccc1Oc1cncnc1N1CCC2(CCN(C(=O)OC(C)(C)C)C2)C1. The number of ether oxygens (including phenoxy) is 3. The Balaban J connectivity index is 1.51. The van der Waals surface area contributed by atoms with Crippen LogP contribution in [0.2, 0.25) is 0 Å². The molecule has 0 radical (unpaired) electrons. The average molecular weight is 473 g/mol. The molecule has 1 amide bonds. The van der Waals surface area contributed by atoms with Gasteiger partial charge in [-0.1, -0.05) is 0 Å². The van der Waals surface area contributed by atoms with Crippen LogP contribution in [0.1, 0.15) is 44.0 Å². The maximum absolute atomic E-state index is 13.7. The number of benzene rings is 1. The number of hydrogen-bond donors (Lipinski definition) is 0. The van der Waals surface area contributed by atoms with Crippen LogP contribution in [-0.2, 0) is 9.47 Å². The number of aromatic nitrogens is 2. The molecule has 2 aliphatic heterocycles. The zero-order valence-electron chi connectivity index (χ0n) is 19.8. The molecule has 1 aromatic heterocycles. The second kappa shape index (κ2) is 9.08. The molecule has 0 aliphatic carbocycles. The summed E-state index contributed by atoms with van der Waals surface area (Å²) in [5.74, 6) is -0.216. The number of esters is 1. The largest absolute Gasteiger partial charge is 0.465 e. The lowest BCUT2D eigenvalue weighted by Gasteiger charge is -2.27. The second-order valence-corrected chi connectivity index (χ2v) is 9.77. The van der Waals surface area contributed by atoms with E-state index in [1.165, 1.54) is 31.8 Å². The maximum Gasteiger partial charge on any atom is 0.410 e. The number of amides is 1. The highest BCUT2D eigenvalue weighted by Gasteiger charge is 2.46. The Morgan fingerprint density at radius 2 is 1.88 bits per heavy atom. The van der Waals surface area contributed by atoms with Gasteiger partial charge in [0, 0.05) is 31.6 Å². The molecule has 1 spiro atoms. The van der Waals surface area contributed by atoms with Crippen LogP contribution in [0.5, 0.6) is 11.5 Å². The molecule has 0 bridgehead atoms. The first-order valence-electron chi connectivity index (χ1n) is 11.2. The highest BCUT2D eigenvalue weighted by atomic mass is 19.1. The number of carbonyl (C=O) groups excluding carboxylic acids is 2. The summed E-state index contributed by atoms with van der Waals surface area (Å²) < 4.78 is 30.0. The minimum atomic E-state index is -0.707. The Morgan fingerprint density at radius 3 is 2.62 bits per heavy atom. The number of anilines is 1. The first-order valence-corrected chi connectivity index (χ1v) is 11.2. The molecule has 1 unspecified atom stereocenters. The molecule has 2 aliphatic rings. The quantitative estimate of drug-likeness (QED) is 0.616. The molecule has 9 nitrogen and oxygen atoms in total. The Kier molecular flexibility index (Phi) is 6.33. The monoisotopic (exact) mass is 472 g/mol. The first-order chi connectivity index (χ1) is 16.1. The number of halogens is 1. The highest BCUT2D eigenvalue weighted by Crippen LogP contribution is 2.43. The van der Waals surface area contributed by atoms with Gasteiger partial charge in [-0.05, 0) is 51.8 Å². The number of methoxy groups -OCH3 is 1. The van der Waals surface area contributed by atoms with Crippen molar-refractivity contribution in [3.63, 3.8) is 0 Å². The molecule has 0 saturated carbocycles. The van der Waals surface area contributed by atoms with Gasteiger partial charge in [-0.2, -0.15) is 0 Å². The fourth-order valence-corrected chi connectivity index (χ4v) is 4.47. The summed E-state index contributed by atoms with van der Waals surface area (Å²) in [5, 5.41) is 0. The predicted molar refractivity (Wildman–Crippen MR) is 122 cm³/mol. The molecule has 3 heterocycles. The lowest BCUT2D eigenvalue weighted by molar-refractivity contribution is 0.0276. The van der Waals surface area contributed by atoms with Crippen LogP contribution >= 0.6 is 0 Å². The standard InChI is InChI=1S/C24H29FN4O5/c1-23(2,3)34-22(31)29-10-8-24(14-29)7-9-28(13-24)20-19(12-26-15-27-20)33-18-6-5-16(25)11-17(18)21(30)32-4/h5-6,11-12,15H,7-10,13-14H2,1-4H3. The summed E-state index contributed by atoms with van der Waals surface area (Å²) in [5.41, 5.74) is -0.629. The third-order valence-electron chi connectivity index (χ3n) is 6.05. The molecule has 182 valence electrons. The molecule has 1 aromatic carbocycles. The van der Waals surface area contributed by atoms with E-state index in [4.69, 9.17) is 14.2 Å². The summed E-state index contributed by atoms with van der Waals surface area (Å²) in [7, 11) is 1.22. The van der Waals surface area contributed by atoms with Crippen molar-refractivity contribution in [1.29, 1.82) is 0 Å². The van der Waals surface area contributed by atoms with Crippen LogP contribution in [0.25, 0.3) is 0 Å². The summed E-state index contributed by atoms with van der Waals surface area (Å²) in [6, 6.07) is 3.65. The zero-order chi connectivity index (χ0) is 24.5. The fourth-order valence-electron chi connectivity index (χ4n) is 4.47. The van der Waals surface area contributed by atoms with E-state index >= 15 is 0 Å². The molecular formula is C24H29FN4O5. The Hall–Kier alpha value is -3.43. The third kappa shape index (κ3) is 5.05. The molecule has 1 atom stereocenters. The topological polar surface area (TPSA) is 94.1 Å². The Morgan fingerprint density at radius 1 is 1.12 bits per heavy atom. The molecule has 34 heavy (non-hydrogen) atoms. The number of rotatable bonds is 4. The Bertz CT molecular complexity index is 1090. The summed E-state index contributed by atoms with van der Waals surface area (Å²) >= 11 is 0. The van der Waals surface area contributed by atoms with Crippen LogP contribution in [-0.4, -0.2) is 65.8 Å². The molecule has 2 fully saturated rings. The number of likely N-dealkylation sites (tertiary alicyclic amines) is 1. The smallest absolute Gasteiger partial charge is 0.410 e. The summed E-state index contributed by atoms with van der Waals surface area (Å²) in [6.07, 6.45) is 4.41.